The van der Waals surface area contributed by atoms with E-state index in [1.807, 2.05) is 25.1 Å². The fourth-order valence-electron chi connectivity index (χ4n) is 3.45. The smallest absolute Gasteiger partial charge is 0.324 e. The molecule has 0 atom stereocenters. The van der Waals surface area contributed by atoms with Crippen LogP contribution < -0.4 is 15.5 Å². The van der Waals surface area contributed by atoms with Gasteiger partial charge in [-0.2, -0.15) is 0 Å². The number of imide groups is 1. The third kappa shape index (κ3) is 4.67. The molecule has 0 spiro atoms. The highest BCUT2D eigenvalue weighted by atomic mass is 35.5. The Labute approximate surface area is 170 Å². The summed E-state index contributed by atoms with van der Waals surface area (Å²) in [6.07, 6.45) is 0. The number of carbonyl (C=O) groups excluding carboxylic acids is 2. The Morgan fingerprint density at radius 1 is 1.25 bits per heavy atom. The van der Waals surface area contributed by atoms with Crippen LogP contribution in [0.25, 0.3) is 0 Å². The van der Waals surface area contributed by atoms with Gasteiger partial charge in [0, 0.05) is 43.4 Å². The van der Waals surface area contributed by atoms with Crippen LogP contribution in [0.1, 0.15) is 12.5 Å². The van der Waals surface area contributed by atoms with Gasteiger partial charge in [0.1, 0.15) is 0 Å². The maximum absolute atomic E-state index is 11.7. The summed E-state index contributed by atoms with van der Waals surface area (Å²) in [5, 5.41) is 6.58. The molecule has 0 unspecified atom stereocenters. The number of nitrogens with one attached hydrogen (secondary N) is 2. The number of aliphatic imine (C=N–C) groups is 1. The predicted octanol–water partition coefficient (Wildman–Crippen LogP) is 1.29. The Kier molecular flexibility index (Phi) is 6.61. The monoisotopic (exact) mass is 406 g/mol. The predicted molar refractivity (Wildman–Crippen MR) is 111 cm³/mol. The van der Waals surface area contributed by atoms with Gasteiger partial charge in [-0.25, -0.2) is 4.79 Å². The largest absolute Gasteiger partial charge is 0.368 e. The van der Waals surface area contributed by atoms with Gasteiger partial charge in [0.2, 0.25) is 5.91 Å². The van der Waals surface area contributed by atoms with Crippen molar-refractivity contribution < 1.29 is 9.59 Å². The molecule has 0 aromatic heterocycles. The van der Waals surface area contributed by atoms with Gasteiger partial charge in [0.15, 0.2) is 5.96 Å². The standard InChI is InChI=1S/C19H27ClN6O2/c1-3-21-18(22-6-7-26-17(27)13-23-19(26)28)25-10-8-24(9-11-25)16-12-15(20)5-4-14(16)2/h4-5,12H,3,6-11,13H2,1-2H3,(H,21,22)(H,23,28). The Hall–Kier alpha value is -2.48. The number of hydrogen-bond donors (Lipinski definition) is 2. The molecule has 3 amide bonds. The van der Waals surface area contributed by atoms with Crippen molar-refractivity contribution in [3.63, 3.8) is 0 Å². The summed E-state index contributed by atoms with van der Waals surface area (Å²) in [6, 6.07) is 5.64. The van der Waals surface area contributed by atoms with Gasteiger partial charge < -0.3 is 20.4 Å². The zero-order valence-corrected chi connectivity index (χ0v) is 17.1. The molecule has 152 valence electrons. The van der Waals surface area contributed by atoms with Crippen molar-refractivity contribution in [2.45, 2.75) is 13.8 Å². The van der Waals surface area contributed by atoms with Crippen LogP contribution in [0.5, 0.6) is 0 Å². The molecular weight excluding hydrogens is 380 g/mol. The lowest BCUT2D eigenvalue weighted by molar-refractivity contribution is -0.124. The summed E-state index contributed by atoms with van der Waals surface area (Å²) < 4.78 is 0. The summed E-state index contributed by atoms with van der Waals surface area (Å²) >= 11 is 6.17. The minimum atomic E-state index is -0.337. The van der Waals surface area contributed by atoms with Gasteiger partial charge in [-0.1, -0.05) is 17.7 Å². The molecule has 2 fully saturated rings. The van der Waals surface area contributed by atoms with E-state index in [4.69, 9.17) is 11.6 Å². The Balaban J connectivity index is 1.58. The van der Waals surface area contributed by atoms with Gasteiger partial charge in [0.05, 0.1) is 19.6 Å². The Bertz CT molecular complexity index is 745. The maximum Gasteiger partial charge on any atom is 0.324 e. The molecule has 1 aromatic carbocycles. The van der Waals surface area contributed by atoms with Crippen molar-refractivity contribution in [2.75, 3.05) is 57.3 Å². The van der Waals surface area contributed by atoms with E-state index in [9.17, 15) is 9.59 Å². The molecule has 0 saturated carbocycles. The van der Waals surface area contributed by atoms with Crippen molar-refractivity contribution >= 4 is 35.2 Å². The number of halogens is 1. The number of piperazine rings is 1. The normalized spacial score (nSPS) is 18.0. The maximum atomic E-state index is 11.7. The number of guanidine groups is 1. The number of carbonyl (C=O) groups is 2. The van der Waals surface area contributed by atoms with Crippen molar-refractivity contribution in [3.8, 4) is 0 Å². The van der Waals surface area contributed by atoms with Gasteiger partial charge >= 0.3 is 6.03 Å². The molecule has 2 heterocycles. The number of benzene rings is 1. The fourth-order valence-corrected chi connectivity index (χ4v) is 3.61. The highest BCUT2D eigenvalue weighted by molar-refractivity contribution is 6.30. The highest BCUT2D eigenvalue weighted by Gasteiger charge is 2.28. The lowest BCUT2D eigenvalue weighted by Gasteiger charge is -2.38. The van der Waals surface area contributed by atoms with Crippen LogP contribution in [0.2, 0.25) is 5.02 Å². The van der Waals surface area contributed by atoms with E-state index in [1.165, 1.54) is 16.2 Å². The summed E-state index contributed by atoms with van der Waals surface area (Å²) in [5.74, 6) is 0.618. The van der Waals surface area contributed by atoms with E-state index in [0.717, 1.165) is 43.7 Å². The number of urea groups is 1. The van der Waals surface area contributed by atoms with Crippen LogP contribution in [0, 0.1) is 6.92 Å². The Morgan fingerprint density at radius 2 is 2.00 bits per heavy atom. The van der Waals surface area contributed by atoms with Crippen LogP contribution in [0.15, 0.2) is 23.2 Å². The first-order valence-corrected chi connectivity index (χ1v) is 10.00. The third-order valence-electron chi connectivity index (χ3n) is 4.95. The first-order valence-electron chi connectivity index (χ1n) is 9.62. The molecule has 1 aromatic rings. The molecule has 2 N–H and O–H groups in total. The second-order valence-electron chi connectivity index (χ2n) is 6.84. The molecule has 8 nitrogen and oxygen atoms in total. The summed E-state index contributed by atoms with van der Waals surface area (Å²) in [4.78, 5) is 33.7. The molecule has 0 radical (unpaired) electrons. The molecular formula is C19H27ClN6O2. The van der Waals surface area contributed by atoms with E-state index in [-0.39, 0.29) is 18.5 Å². The van der Waals surface area contributed by atoms with Crippen LogP contribution in [-0.4, -0.2) is 80.1 Å². The van der Waals surface area contributed by atoms with Crippen molar-refractivity contribution in [3.05, 3.63) is 28.8 Å². The molecule has 2 aliphatic heterocycles. The zero-order chi connectivity index (χ0) is 20.1. The minimum absolute atomic E-state index is 0.0769. The van der Waals surface area contributed by atoms with E-state index in [0.29, 0.717) is 13.1 Å². The SMILES string of the molecule is CCNC(=NCCN1C(=O)CNC1=O)N1CCN(c2cc(Cl)ccc2C)CC1. The topological polar surface area (TPSA) is 80.3 Å². The summed E-state index contributed by atoms with van der Waals surface area (Å²) in [7, 11) is 0. The molecule has 2 saturated heterocycles. The molecule has 2 aliphatic rings. The van der Waals surface area contributed by atoms with E-state index < -0.39 is 0 Å². The molecule has 0 bridgehead atoms. The average Bonchev–Trinajstić information content (AvgIpc) is 3.01. The first-order chi connectivity index (χ1) is 13.5. The molecule has 3 rings (SSSR count). The second-order valence-corrected chi connectivity index (χ2v) is 7.28. The van der Waals surface area contributed by atoms with Crippen LogP contribution in [0.4, 0.5) is 10.5 Å². The number of hydrogen-bond acceptors (Lipinski definition) is 4. The summed E-state index contributed by atoms with van der Waals surface area (Å²) in [6.45, 7) is 9.05. The minimum Gasteiger partial charge on any atom is -0.368 e. The van der Waals surface area contributed by atoms with Gasteiger partial charge in [-0.05, 0) is 31.5 Å². The van der Waals surface area contributed by atoms with E-state index >= 15 is 0 Å². The number of amides is 3. The van der Waals surface area contributed by atoms with Crippen LogP contribution in [0.3, 0.4) is 0 Å². The van der Waals surface area contributed by atoms with Crippen LogP contribution in [-0.2, 0) is 4.79 Å². The average molecular weight is 407 g/mol. The summed E-state index contributed by atoms with van der Waals surface area (Å²) in [5.41, 5.74) is 2.39. The van der Waals surface area contributed by atoms with E-state index in [2.05, 4.69) is 32.3 Å². The Morgan fingerprint density at radius 3 is 2.64 bits per heavy atom. The molecule has 9 heteroatoms. The number of nitrogens with zero attached hydrogens (tertiary/aromatic N) is 4. The highest BCUT2D eigenvalue weighted by Crippen LogP contribution is 2.25. The quantitative estimate of drug-likeness (QED) is 0.437. The third-order valence-corrected chi connectivity index (χ3v) is 5.18. The number of rotatable bonds is 5. The van der Waals surface area contributed by atoms with Crippen molar-refractivity contribution in [1.29, 1.82) is 0 Å². The number of anilines is 1. The first kappa shape index (κ1) is 20.3. The number of aryl methyl sites for hydroxylation is 1. The van der Waals surface area contributed by atoms with Gasteiger partial charge in [0.25, 0.3) is 0 Å². The lowest BCUT2D eigenvalue weighted by atomic mass is 10.1. The van der Waals surface area contributed by atoms with Gasteiger partial charge in [-0.15, -0.1) is 0 Å². The molecule has 0 aliphatic carbocycles. The zero-order valence-electron chi connectivity index (χ0n) is 16.4. The molecule has 28 heavy (non-hydrogen) atoms. The van der Waals surface area contributed by atoms with E-state index in [1.54, 1.807) is 0 Å². The van der Waals surface area contributed by atoms with Crippen molar-refractivity contribution in [1.82, 2.24) is 20.4 Å². The fraction of sp³-hybridized carbons (Fsp3) is 0.526. The van der Waals surface area contributed by atoms with Crippen molar-refractivity contribution in [2.24, 2.45) is 4.99 Å². The lowest BCUT2D eigenvalue weighted by Crippen LogP contribution is -2.52. The van der Waals surface area contributed by atoms with Crippen LogP contribution >= 0.6 is 11.6 Å². The van der Waals surface area contributed by atoms with Gasteiger partial charge in [-0.3, -0.25) is 14.7 Å². The second kappa shape index (κ2) is 9.14.